The number of fused-ring (bicyclic) bond motifs is 1. The summed E-state index contributed by atoms with van der Waals surface area (Å²) in [5, 5.41) is 0.950. The van der Waals surface area contributed by atoms with Crippen LogP contribution in [-0.4, -0.2) is 34.3 Å². The van der Waals surface area contributed by atoms with Crippen LogP contribution < -0.4 is 5.73 Å². The number of carbonyl (C=O) groups is 2. The molecule has 1 aliphatic heterocycles. The minimum Gasteiger partial charge on any atom is -0.369 e. The SMILES string of the molecule is Cc1ccc2cc(C(=O)N3C[C@@H](C(N)=O)CC[C@@H]3C)c(C)nc2c1. The van der Waals surface area contributed by atoms with Gasteiger partial charge in [-0.25, -0.2) is 0 Å². The average molecular weight is 325 g/mol. The summed E-state index contributed by atoms with van der Waals surface area (Å²) >= 11 is 0. The first-order chi connectivity index (χ1) is 11.4. The van der Waals surface area contributed by atoms with Crippen LogP contribution in [0.2, 0.25) is 0 Å². The van der Waals surface area contributed by atoms with Gasteiger partial charge in [-0.2, -0.15) is 0 Å². The number of hydrogen-bond donors (Lipinski definition) is 1. The number of carbonyl (C=O) groups excluding carboxylic acids is 2. The van der Waals surface area contributed by atoms with Crippen molar-refractivity contribution in [1.29, 1.82) is 0 Å². The molecule has 126 valence electrons. The molecule has 0 bridgehead atoms. The van der Waals surface area contributed by atoms with E-state index in [4.69, 9.17) is 5.73 Å². The second-order valence-corrected chi connectivity index (χ2v) is 6.80. The van der Waals surface area contributed by atoms with Crippen molar-refractivity contribution in [2.75, 3.05) is 6.54 Å². The van der Waals surface area contributed by atoms with E-state index in [0.29, 0.717) is 17.8 Å². The molecule has 24 heavy (non-hydrogen) atoms. The minimum absolute atomic E-state index is 0.0686. The van der Waals surface area contributed by atoms with Gasteiger partial charge in [0.1, 0.15) is 0 Å². The topological polar surface area (TPSA) is 76.3 Å². The first-order valence-electron chi connectivity index (χ1n) is 8.35. The second-order valence-electron chi connectivity index (χ2n) is 6.80. The van der Waals surface area contributed by atoms with E-state index in [2.05, 4.69) is 4.98 Å². The molecule has 0 radical (unpaired) electrons. The molecule has 2 atom stereocenters. The van der Waals surface area contributed by atoms with Crippen LogP contribution in [0.3, 0.4) is 0 Å². The second kappa shape index (κ2) is 6.23. The highest BCUT2D eigenvalue weighted by molar-refractivity contribution is 5.99. The van der Waals surface area contributed by atoms with Crippen molar-refractivity contribution in [3.05, 3.63) is 41.1 Å². The van der Waals surface area contributed by atoms with Gasteiger partial charge in [-0.1, -0.05) is 12.1 Å². The van der Waals surface area contributed by atoms with Crippen molar-refractivity contribution in [2.24, 2.45) is 11.7 Å². The summed E-state index contributed by atoms with van der Waals surface area (Å²) in [6.45, 7) is 6.28. The van der Waals surface area contributed by atoms with Crippen molar-refractivity contribution < 1.29 is 9.59 Å². The predicted molar refractivity (Wildman–Crippen MR) is 93.6 cm³/mol. The predicted octanol–water partition coefficient (Wildman–Crippen LogP) is 2.58. The van der Waals surface area contributed by atoms with Gasteiger partial charge in [0.25, 0.3) is 5.91 Å². The molecular formula is C19H23N3O2. The number of nitrogens with two attached hydrogens (primary N) is 1. The van der Waals surface area contributed by atoms with E-state index in [1.165, 1.54) is 0 Å². The number of aryl methyl sites for hydroxylation is 2. The lowest BCUT2D eigenvalue weighted by atomic mass is 9.92. The number of likely N-dealkylation sites (tertiary alicyclic amines) is 1. The van der Waals surface area contributed by atoms with E-state index >= 15 is 0 Å². The Kier molecular flexibility index (Phi) is 4.26. The van der Waals surface area contributed by atoms with Crippen LogP contribution in [0.1, 0.15) is 41.4 Å². The monoisotopic (exact) mass is 325 g/mol. The molecule has 1 saturated heterocycles. The van der Waals surface area contributed by atoms with E-state index in [9.17, 15) is 9.59 Å². The lowest BCUT2D eigenvalue weighted by Crippen LogP contribution is -2.48. The molecule has 0 aliphatic carbocycles. The van der Waals surface area contributed by atoms with Gasteiger partial charge in [-0.05, 0) is 51.3 Å². The zero-order chi connectivity index (χ0) is 17.4. The largest absolute Gasteiger partial charge is 0.369 e. The molecule has 5 heteroatoms. The lowest BCUT2D eigenvalue weighted by Gasteiger charge is -2.37. The highest BCUT2D eigenvalue weighted by atomic mass is 16.2. The quantitative estimate of drug-likeness (QED) is 0.922. The summed E-state index contributed by atoms with van der Waals surface area (Å²) in [5.41, 5.74) is 8.79. The van der Waals surface area contributed by atoms with Gasteiger partial charge in [-0.15, -0.1) is 0 Å². The van der Waals surface area contributed by atoms with Crippen molar-refractivity contribution in [3.63, 3.8) is 0 Å². The molecule has 1 fully saturated rings. The fraction of sp³-hybridized carbons (Fsp3) is 0.421. The van der Waals surface area contributed by atoms with Crippen LogP contribution in [0.5, 0.6) is 0 Å². The Morgan fingerprint density at radius 1 is 1.21 bits per heavy atom. The van der Waals surface area contributed by atoms with Crippen molar-refractivity contribution in [1.82, 2.24) is 9.88 Å². The highest BCUT2D eigenvalue weighted by Gasteiger charge is 2.32. The maximum Gasteiger partial charge on any atom is 0.255 e. The standard InChI is InChI=1S/C19H23N3O2/c1-11-4-6-14-9-16(13(3)21-17(14)8-11)19(24)22-10-15(18(20)23)7-5-12(22)2/h4,6,8-9,12,15H,5,7,10H2,1-3H3,(H2,20,23)/t12-,15-/m0/s1. The molecule has 2 N–H and O–H groups in total. The van der Waals surface area contributed by atoms with Crippen LogP contribution >= 0.6 is 0 Å². The zero-order valence-electron chi connectivity index (χ0n) is 14.4. The van der Waals surface area contributed by atoms with Crippen LogP contribution in [0.4, 0.5) is 0 Å². The molecule has 0 saturated carbocycles. The molecule has 0 unspecified atom stereocenters. The van der Waals surface area contributed by atoms with Crippen LogP contribution in [0.15, 0.2) is 24.3 Å². The Morgan fingerprint density at radius 2 is 1.96 bits per heavy atom. The van der Waals surface area contributed by atoms with Gasteiger partial charge >= 0.3 is 0 Å². The Bertz CT molecular complexity index is 816. The highest BCUT2D eigenvalue weighted by Crippen LogP contribution is 2.25. The van der Waals surface area contributed by atoms with Crippen molar-refractivity contribution in [3.8, 4) is 0 Å². The summed E-state index contributed by atoms with van der Waals surface area (Å²) in [7, 11) is 0. The molecule has 1 aliphatic rings. The minimum atomic E-state index is -0.330. The van der Waals surface area contributed by atoms with E-state index in [0.717, 1.165) is 29.3 Å². The first-order valence-corrected chi connectivity index (χ1v) is 8.35. The van der Waals surface area contributed by atoms with E-state index in [-0.39, 0.29) is 23.8 Å². The van der Waals surface area contributed by atoms with Gasteiger partial charge in [0.2, 0.25) is 5.91 Å². The fourth-order valence-electron chi connectivity index (χ4n) is 3.37. The number of pyridine rings is 1. The molecule has 2 aromatic rings. The summed E-state index contributed by atoms with van der Waals surface area (Å²) in [6.07, 6.45) is 1.53. The Labute approximate surface area is 141 Å². The maximum absolute atomic E-state index is 13.0. The molecular weight excluding hydrogens is 302 g/mol. The number of benzene rings is 1. The van der Waals surface area contributed by atoms with Gasteiger partial charge < -0.3 is 10.6 Å². The lowest BCUT2D eigenvalue weighted by molar-refractivity contribution is -0.123. The Morgan fingerprint density at radius 3 is 2.67 bits per heavy atom. The average Bonchev–Trinajstić information content (AvgIpc) is 2.53. The van der Waals surface area contributed by atoms with Crippen LogP contribution in [-0.2, 0) is 4.79 Å². The van der Waals surface area contributed by atoms with E-state index in [1.807, 2.05) is 45.0 Å². The zero-order valence-corrected chi connectivity index (χ0v) is 14.4. The van der Waals surface area contributed by atoms with Crippen molar-refractivity contribution >= 4 is 22.7 Å². The molecule has 3 rings (SSSR count). The fourth-order valence-corrected chi connectivity index (χ4v) is 3.37. The molecule has 5 nitrogen and oxygen atoms in total. The van der Waals surface area contributed by atoms with Crippen LogP contribution in [0.25, 0.3) is 10.9 Å². The molecule has 1 aromatic carbocycles. The van der Waals surface area contributed by atoms with E-state index < -0.39 is 0 Å². The molecule has 2 heterocycles. The Hall–Kier alpha value is -2.43. The van der Waals surface area contributed by atoms with Gasteiger partial charge in [0.15, 0.2) is 0 Å². The Balaban J connectivity index is 1.96. The normalized spacial score (nSPS) is 21.0. The number of rotatable bonds is 2. The van der Waals surface area contributed by atoms with Crippen molar-refractivity contribution in [2.45, 2.75) is 39.7 Å². The van der Waals surface area contributed by atoms with Crippen LogP contribution in [0, 0.1) is 19.8 Å². The third-order valence-corrected chi connectivity index (χ3v) is 4.94. The van der Waals surface area contributed by atoms with Gasteiger partial charge in [0.05, 0.1) is 22.7 Å². The molecule has 1 aromatic heterocycles. The third kappa shape index (κ3) is 2.98. The van der Waals surface area contributed by atoms with E-state index in [1.54, 1.807) is 4.90 Å². The number of nitrogens with zero attached hydrogens (tertiary/aromatic N) is 2. The number of primary amides is 1. The van der Waals surface area contributed by atoms with Gasteiger partial charge in [-0.3, -0.25) is 14.6 Å². The number of aromatic nitrogens is 1. The maximum atomic E-state index is 13.0. The molecule has 2 amide bonds. The smallest absolute Gasteiger partial charge is 0.255 e. The van der Waals surface area contributed by atoms with Gasteiger partial charge in [0, 0.05) is 18.0 Å². The molecule has 0 spiro atoms. The number of amides is 2. The first kappa shape index (κ1) is 16.4. The summed E-state index contributed by atoms with van der Waals surface area (Å²) in [6, 6.07) is 8.02. The number of piperidine rings is 1. The number of hydrogen-bond acceptors (Lipinski definition) is 3. The summed E-state index contributed by atoms with van der Waals surface area (Å²) < 4.78 is 0. The third-order valence-electron chi connectivity index (χ3n) is 4.94. The summed E-state index contributed by atoms with van der Waals surface area (Å²) in [4.78, 5) is 30.9. The summed E-state index contributed by atoms with van der Waals surface area (Å²) in [5.74, 6) is -0.661.